The van der Waals surface area contributed by atoms with Crippen molar-refractivity contribution < 1.29 is 4.79 Å². The third-order valence-corrected chi connectivity index (χ3v) is 1.82. The van der Waals surface area contributed by atoms with Gasteiger partial charge in [0.1, 0.15) is 5.84 Å². The zero-order valence-electron chi connectivity index (χ0n) is 7.45. The summed E-state index contributed by atoms with van der Waals surface area (Å²) < 4.78 is 0. The normalized spacial score (nSPS) is 14.9. The fourth-order valence-electron chi connectivity index (χ4n) is 1.22. The number of amidine groups is 1. The Labute approximate surface area is 81.0 Å². The molecule has 0 bridgehead atoms. The van der Waals surface area contributed by atoms with Crippen LogP contribution in [0.2, 0.25) is 0 Å². The number of nitrogens with two attached hydrogens (primary N) is 1. The molecule has 14 heavy (non-hydrogen) atoms. The molecule has 2 rings (SSSR count). The standard InChI is InChI=1S/C9H10N4O/c10-6-2-1-3-7(4-6)11-8-5-9(14)13-12-8/h1-4H,5,10H2,(H,11,12)(H,13,14). The van der Waals surface area contributed by atoms with Crippen LogP contribution in [-0.4, -0.2) is 11.7 Å². The van der Waals surface area contributed by atoms with Crippen molar-refractivity contribution in [2.24, 2.45) is 5.10 Å². The van der Waals surface area contributed by atoms with Gasteiger partial charge in [0.15, 0.2) is 0 Å². The van der Waals surface area contributed by atoms with Gasteiger partial charge in [-0.2, -0.15) is 5.10 Å². The van der Waals surface area contributed by atoms with Gasteiger partial charge in [-0.05, 0) is 18.2 Å². The summed E-state index contributed by atoms with van der Waals surface area (Å²) in [4.78, 5) is 10.8. The zero-order chi connectivity index (χ0) is 9.97. The summed E-state index contributed by atoms with van der Waals surface area (Å²) in [5.41, 5.74) is 9.46. The highest BCUT2D eigenvalue weighted by Gasteiger charge is 2.13. The van der Waals surface area contributed by atoms with Crippen LogP contribution in [0.1, 0.15) is 6.42 Å². The fourth-order valence-corrected chi connectivity index (χ4v) is 1.22. The summed E-state index contributed by atoms with van der Waals surface area (Å²) in [7, 11) is 0. The number of hydrogen-bond acceptors (Lipinski definition) is 4. The summed E-state index contributed by atoms with van der Waals surface area (Å²) in [6, 6.07) is 7.28. The van der Waals surface area contributed by atoms with Crippen molar-refractivity contribution in [2.45, 2.75) is 6.42 Å². The van der Waals surface area contributed by atoms with Crippen LogP contribution < -0.4 is 16.5 Å². The van der Waals surface area contributed by atoms with E-state index in [9.17, 15) is 4.79 Å². The molecule has 0 saturated heterocycles. The molecule has 0 saturated carbocycles. The number of carbonyl (C=O) groups excluding carboxylic acids is 1. The number of hydrogen-bond donors (Lipinski definition) is 3. The number of nitrogens with one attached hydrogen (secondary N) is 2. The number of rotatable bonds is 1. The van der Waals surface area contributed by atoms with Crippen LogP contribution in [-0.2, 0) is 4.79 Å². The average Bonchev–Trinajstić information content (AvgIpc) is 2.51. The van der Waals surface area contributed by atoms with Crippen molar-refractivity contribution in [3.05, 3.63) is 24.3 Å². The van der Waals surface area contributed by atoms with Gasteiger partial charge in [0.05, 0.1) is 6.42 Å². The number of hydrazone groups is 1. The van der Waals surface area contributed by atoms with Crippen LogP contribution in [0.15, 0.2) is 29.4 Å². The van der Waals surface area contributed by atoms with Crippen molar-refractivity contribution in [2.75, 3.05) is 11.1 Å². The van der Waals surface area contributed by atoms with E-state index in [2.05, 4.69) is 15.8 Å². The minimum Gasteiger partial charge on any atom is -0.399 e. The van der Waals surface area contributed by atoms with E-state index in [1.165, 1.54) is 0 Å². The molecule has 0 aliphatic carbocycles. The first kappa shape index (κ1) is 8.55. The van der Waals surface area contributed by atoms with Gasteiger partial charge in [-0.1, -0.05) is 6.07 Å². The van der Waals surface area contributed by atoms with Gasteiger partial charge < -0.3 is 11.1 Å². The zero-order valence-corrected chi connectivity index (χ0v) is 7.45. The summed E-state index contributed by atoms with van der Waals surface area (Å²) in [6.07, 6.45) is 0.287. The number of nitrogens with zero attached hydrogens (tertiary/aromatic N) is 1. The monoisotopic (exact) mass is 190 g/mol. The summed E-state index contributed by atoms with van der Waals surface area (Å²) >= 11 is 0. The molecule has 1 aliphatic rings. The predicted molar refractivity (Wildman–Crippen MR) is 54.7 cm³/mol. The van der Waals surface area contributed by atoms with E-state index >= 15 is 0 Å². The highest BCUT2D eigenvalue weighted by molar-refractivity contribution is 6.10. The molecule has 0 fully saturated rings. The molecule has 4 N–H and O–H groups in total. The molecular weight excluding hydrogens is 180 g/mol. The van der Waals surface area contributed by atoms with Crippen LogP contribution in [0.4, 0.5) is 11.4 Å². The highest BCUT2D eigenvalue weighted by atomic mass is 16.2. The van der Waals surface area contributed by atoms with E-state index < -0.39 is 0 Å². The smallest absolute Gasteiger partial charge is 0.247 e. The Kier molecular flexibility index (Phi) is 2.06. The highest BCUT2D eigenvalue weighted by Crippen LogP contribution is 2.12. The molecule has 5 nitrogen and oxygen atoms in total. The second-order valence-electron chi connectivity index (χ2n) is 3.02. The van der Waals surface area contributed by atoms with E-state index in [0.717, 1.165) is 5.69 Å². The Balaban J connectivity index is 2.08. The fraction of sp³-hybridized carbons (Fsp3) is 0.111. The van der Waals surface area contributed by atoms with Crippen molar-refractivity contribution in [1.29, 1.82) is 0 Å². The first-order valence-corrected chi connectivity index (χ1v) is 4.22. The summed E-state index contributed by atoms with van der Waals surface area (Å²) in [5.74, 6) is 0.511. The Morgan fingerprint density at radius 3 is 3.00 bits per heavy atom. The maximum atomic E-state index is 10.8. The van der Waals surface area contributed by atoms with Gasteiger partial charge in [0.25, 0.3) is 0 Å². The quantitative estimate of drug-likeness (QED) is 0.564. The number of amides is 1. The number of anilines is 2. The lowest BCUT2D eigenvalue weighted by Crippen LogP contribution is -2.12. The molecule has 5 heteroatoms. The molecule has 0 spiro atoms. The molecule has 72 valence electrons. The lowest BCUT2D eigenvalue weighted by atomic mass is 10.2. The van der Waals surface area contributed by atoms with Crippen LogP contribution in [0, 0.1) is 0 Å². The van der Waals surface area contributed by atoms with Gasteiger partial charge in [-0.25, -0.2) is 5.43 Å². The third kappa shape index (κ3) is 1.82. The minimum absolute atomic E-state index is 0.101. The Hall–Kier alpha value is -2.04. The SMILES string of the molecule is Nc1cccc(NC2=NNC(=O)C2)c1. The van der Waals surface area contributed by atoms with E-state index in [4.69, 9.17) is 5.73 Å². The van der Waals surface area contributed by atoms with E-state index in [1.54, 1.807) is 12.1 Å². The van der Waals surface area contributed by atoms with Crippen LogP contribution in [0.25, 0.3) is 0 Å². The predicted octanol–water partition coefficient (Wildman–Crippen LogP) is 0.514. The third-order valence-electron chi connectivity index (χ3n) is 1.82. The largest absolute Gasteiger partial charge is 0.399 e. The van der Waals surface area contributed by atoms with E-state index in [0.29, 0.717) is 11.5 Å². The maximum Gasteiger partial charge on any atom is 0.247 e. The minimum atomic E-state index is -0.101. The molecule has 1 aromatic rings. The van der Waals surface area contributed by atoms with Crippen LogP contribution in [0.5, 0.6) is 0 Å². The van der Waals surface area contributed by atoms with Crippen LogP contribution >= 0.6 is 0 Å². The Morgan fingerprint density at radius 2 is 2.36 bits per heavy atom. The van der Waals surface area contributed by atoms with E-state index in [1.807, 2.05) is 12.1 Å². The first-order valence-electron chi connectivity index (χ1n) is 4.22. The number of carbonyl (C=O) groups is 1. The molecule has 1 heterocycles. The molecule has 1 amide bonds. The van der Waals surface area contributed by atoms with Gasteiger partial charge in [0, 0.05) is 11.4 Å². The van der Waals surface area contributed by atoms with E-state index in [-0.39, 0.29) is 12.3 Å². The van der Waals surface area contributed by atoms with Gasteiger partial charge in [-0.3, -0.25) is 4.79 Å². The molecule has 0 unspecified atom stereocenters. The van der Waals surface area contributed by atoms with Crippen molar-refractivity contribution in [1.82, 2.24) is 5.43 Å². The molecule has 0 radical (unpaired) electrons. The maximum absolute atomic E-state index is 10.8. The van der Waals surface area contributed by atoms with Crippen molar-refractivity contribution in [3.63, 3.8) is 0 Å². The van der Waals surface area contributed by atoms with Gasteiger partial charge in [0.2, 0.25) is 5.91 Å². The number of nitrogen functional groups attached to an aromatic ring is 1. The lowest BCUT2D eigenvalue weighted by molar-refractivity contribution is -0.119. The van der Waals surface area contributed by atoms with Crippen LogP contribution in [0.3, 0.4) is 0 Å². The molecular formula is C9H10N4O. The van der Waals surface area contributed by atoms with Crippen molar-refractivity contribution in [3.8, 4) is 0 Å². The molecule has 0 aromatic heterocycles. The second kappa shape index (κ2) is 3.37. The van der Waals surface area contributed by atoms with Gasteiger partial charge in [-0.15, -0.1) is 0 Å². The molecule has 0 atom stereocenters. The topological polar surface area (TPSA) is 79.5 Å². The Morgan fingerprint density at radius 1 is 1.50 bits per heavy atom. The molecule has 1 aromatic carbocycles. The molecule has 1 aliphatic heterocycles. The summed E-state index contributed by atoms with van der Waals surface area (Å²) in [5, 5.41) is 6.81. The average molecular weight is 190 g/mol. The Bertz CT molecular complexity index is 400. The lowest BCUT2D eigenvalue weighted by Gasteiger charge is -2.04. The summed E-state index contributed by atoms with van der Waals surface area (Å²) in [6.45, 7) is 0. The first-order chi connectivity index (χ1) is 6.74. The van der Waals surface area contributed by atoms with Gasteiger partial charge >= 0.3 is 0 Å². The van der Waals surface area contributed by atoms with Crippen molar-refractivity contribution >= 4 is 23.1 Å². The second-order valence-corrected chi connectivity index (χ2v) is 3.02. The number of benzene rings is 1.